The van der Waals surface area contributed by atoms with Crippen LogP contribution >= 0.6 is 0 Å². The highest BCUT2D eigenvalue weighted by Crippen LogP contribution is 2.04. The minimum atomic E-state index is -0.491. The summed E-state index contributed by atoms with van der Waals surface area (Å²) in [5.41, 5.74) is 7.28. The zero-order chi connectivity index (χ0) is 16.5. The molecule has 0 spiro atoms. The number of carbonyl (C=O) groups excluding carboxylic acids is 1. The molecule has 2 aromatic rings. The monoisotopic (exact) mass is 313 g/mol. The first kappa shape index (κ1) is 16.4. The van der Waals surface area contributed by atoms with Crippen LogP contribution in [0, 0.1) is 0 Å². The van der Waals surface area contributed by atoms with E-state index in [1.807, 2.05) is 30.3 Å². The number of nitrogens with one attached hydrogen (secondary N) is 2. The molecule has 2 amide bonds. The highest BCUT2D eigenvalue weighted by molar-refractivity contribution is 6.01. The zero-order valence-corrected chi connectivity index (χ0v) is 12.8. The van der Waals surface area contributed by atoms with Gasteiger partial charge in [0.2, 0.25) is 0 Å². The number of urea groups is 1. The molecule has 0 aliphatic carbocycles. The van der Waals surface area contributed by atoms with E-state index in [0.29, 0.717) is 12.3 Å². The molecule has 0 fully saturated rings. The number of guanidine groups is 1. The van der Waals surface area contributed by atoms with Crippen LogP contribution in [0.1, 0.15) is 12.5 Å². The van der Waals surface area contributed by atoms with Crippen LogP contribution in [0.25, 0.3) is 0 Å². The number of aliphatic imine (C=N–C) groups is 1. The van der Waals surface area contributed by atoms with Crippen LogP contribution in [0.4, 0.5) is 10.5 Å². The van der Waals surface area contributed by atoms with Crippen LogP contribution < -0.4 is 16.4 Å². The standard InChI is InChI=1S/C16H19N5O2/c1-12(23-11-13-6-3-2-4-7-13)19-15(17)21-16(22)20-14-8-5-9-18-10-14/h2-10,12H,11H2,1H3,(H4,17,19,20,21,22). The Morgan fingerprint density at radius 3 is 2.78 bits per heavy atom. The van der Waals surface area contributed by atoms with Gasteiger partial charge in [-0.3, -0.25) is 10.3 Å². The molecule has 1 aromatic heterocycles. The van der Waals surface area contributed by atoms with Gasteiger partial charge in [-0.1, -0.05) is 30.3 Å². The van der Waals surface area contributed by atoms with Crippen molar-refractivity contribution in [3.63, 3.8) is 0 Å². The number of rotatable bonds is 5. The van der Waals surface area contributed by atoms with Gasteiger partial charge in [0.25, 0.3) is 0 Å². The van der Waals surface area contributed by atoms with E-state index in [-0.39, 0.29) is 5.96 Å². The van der Waals surface area contributed by atoms with E-state index in [1.165, 1.54) is 6.20 Å². The van der Waals surface area contributed by atoms with Crippen molar-refractivity contribution in [2.75, 3.05) is 5.32 Å². The number of pyridine rings is 1. The third-order valence-electron chi connectivity index (χ3n) is 2.82. The van der Waals surface area contributed by atoms with Gasteiger partial charge in [0.05, 0.1) is 18.5 Å². The molecule has 0 aliphatic heterocycles. The first-order valence-electron chi connectivity index (χ1n) is 7.10. The van der Waals surface area contributed by atoms with Crippen LogP contribution in [-0.4, -0.2) is 23.2 Å². The molecule has 1 heterocycles. The second-order valence-electron chi connectivity index (χ2n) is 4.73. The SMILES string of the molecule is CC(N=C(N)NC(=O)Nc1cccnc1)OCc1ccccc1. The Morgan fingerprint density at radius 2 is 2.09 bits per heavy atom. The summed E-state index contributed by atoms with van der Waals surface area (Å²) in [7, 11) is 0. The van der Waals surface area contributed by atoms with Crippen molar-refractivity contribution >= 4 is 17.7 Å². The fraction of sp³-hybridized carbons (Fsp3) is 0.188. The van der Waals surface area contributed by atoms with Crippen LogP contribution in [-0.2, 0) is 11.3 Å². The molecule has 0 radical (unpaired) electrons. The number of hydrogen-bond donors (Lipinski definition) is 3. The quantitative estimate of drug-likeness (QED) is 0.581. The largest absolute Gasteiger partial charge is 0.369 e. The molecule has 1 unspecified atom stereocenters. The highest BCUT2D eigenvalue weighted by Gasteiger charge is 2.06. The molecule has 23 heavy (non-hydrogen) atoms. The molecule has 0 saturated heterocycles. The predicted molar refractivity (Wildman–Crippen MR) is 88.7 cm³/mol. The molecule has 0 saturated carbocycles. The minimum Gasteiger partial charge on any atom is -0.369 e. The molecule has 0 aliphatic rings. The van der Waals surface area contributed by atoms with Gasteiger partial charge in [0.15, 0.2) is 5.96 Å². The van der Waals surface area contributed by atoms with E-state index in [4.69, 9.17) is 10.5 Å². The minimum absolute atomic E-state index is 0.0213. The summed E-state index contributed by atoms with van der Waals surface area (Å²) in [5, 5.41) is 5.02. The summed E-state index contributed by atoms with van der Waals surface area (Å²) in [5.74, 6) is -0.0213. The number of nitrogens with zero attached hydrogens (tertiary/aromatic N) is 2. The number of amides is 2. The van der Waals surface area contributed by atoms with Crippen molar-refractivity contribution in [3.05, 3.63) is 60.4 Å². The first-order chi connectivity index (χ1) is 11.1. The van der Waals surface area contributed by atoms with Crippen molar-refractivity contribution in [2.24, 2.45) is 10.7 Å². The number of carbonyl (C=O) groups is 1. The van der Waals surface area contributed by atoms with E-state index in [1.54, 1.807) is 25.3 Å². The molecular formula is C16H19N5O2. The Labute approximate surface area is 134 Å². The number of hydrogen-bond acceptors (Lipinski definition) is 4. The van der Waals surface area contributed by atoms with Crippen molar-refractivity contribution in [1.82, 2.24) is 10.3 Å². The number of aromatic nitrogens is 1. The second kappa shape index (κ2) is 8.50. The average molecular weight is 313 g/mol. The summed E-state index contributed by atoms with van der Waals surface area (Å²) in [4.78, 5) is 19.7. The van der Waals surface area contributed by atoms with Crippen molar-refractivity contribution < 1.29 is 9.53 Å². The maximum Gasteiger partial charge on any atom is 0.326 e. The Kier molecular flexibility index (Phi) is 6.07. The summed E-state index contributed by atoms with van der Waals surface area (Å²) in [6.07, 6.45) is 2.66. The van der Waals surface area contributed by atoms with Crippen LogP contribution in [0.15, 0.2) is 59.9 Å². The topological polar surface area (TPSA) is 102 Å². The Bertz CT molecular complexity index is 646. The Balaban J connectivity index is 1.78. The lowest BCUT2D eigenvalue weighted by Gasteiger charge is -2.11. The zero-order valence-electron chi connectivity index (χ0n) is 12.8. The van der Waals surface area contributed by atoms with Gasteiger partial charge in [0, 0.05) is 6.20 Å². The van der Waals surface area contributed by atoms with Crippen LogP contribution in [0.5, 0.6) is 0 Å². The van der Waals surface area contributed by atoms with Gasteiger partial charge in [0.1, 0.15) is 6.23 Å². The van der Waals surface area contributed by atoms with E-state index < -0.39 is 12.3 Å². The average Bonchev–Trinajstić information content (AvgIpc) is 2.54. The Hall–Kier alpha value is -2.93. The van der Waals surface area contributed by atoms with E-state index in [0.717, 1.165) is 5.56 Å². The van der Waals surface area contributed by atoms with Gasteiger partial charge in [-0.25, -0.2) is 9.79 Å². The fourth-order valence-corrected chi connectivity index (χ4v) is 1.77. The Morgan fingerprint density at radius 1 is 1.30 bits per heavy atom. The molecule has 4 N–H and O–H groups in total. The molecule has 1 atom stereocenters. The second-order valence-corrected chi connectivity index (χ2v) is 4.73. The van der Waals surface area contributed by atoms with Crippen molar-refractivity contribution in [3.8, 4) is 0 Å². The maximum atomic E-state index is 11.7. The predicted octanol–water partition coefficient (Wildman–Crippen LogP) is 2.08. The van der Waals surface area contributed by atoms with E-state index >= 15 is 0 Å². The summed E-state index contributed by atoms with van der Waals surface area (Å²) >= 11 is 0. The lowest BCUT2D eigenvalue weighted by Crippen LogP contribution is -2.40. The van der Waals surface area contributed by atoms with Crippen LogP contribution in [0.2, 0.25) is 0 Å². The number of benzene rings is 1. The van der Waals surface area contributed by atoms with Gasteiger partial charge in [-0.05, 0) is 24.6 Å². The molecule has 7 heteroatoms. The third-order valence-corrected chi connectivity index (χ3v) is 2.82. The molecular weight excluding hydrogens is 294 g/mol. The first-order valence-corrected chi connectivity index (χ1v) is 7.10. The number of ether oxygens (including phenoxy) is 1. The fourth-order valence-electron chi connectivity index (χ4n) is 1.77. The van der Waals surface area contributed by atoms with Crippen LogP contribution in [0.3, 0.4) is 0 Å². The van der Waals surface area contributed by atoms with E-state index in [2.05, 4.69) is 20.6 Å². The van der Waals surface area contributed by atoms with Gasteiger partial charge in [-0.2, -0.15) is 0 Å². The lowest BCUT2D eigenvalue weighted by molar-refractivity contribution is 0.0591. The number of anilines is 1. The third kappa shape index (κ3) is 6.15. The highest BCUT2D eigenvalue weighted by atomic mass is 16.5. The smallest absolute Gasteiger partial charge is 0.326 e. The lowest BCUT2D eigenvalue weighted by atomic mass is 10.2. The normalized spacial score (nSPS) is 12.5. The molecule has 2 rings (SSSR count). The van der Waals surface area contributed by atoms with Gasteiger partial charge in [-0.15, -0.1) is 0 Å². The summed E-state index contributed by atoms with van der Waals surface area (Å²) in [6, 6.07) is 12.7. The van der Waals surface area contributed by atoms with E-state index in [9.17, 15) is 4.79 Å². The molecule has 120 valence electrons. The molecule has 1 aromatic carbocycles. The van der Waals surface area contributed by atoms with Gasteiger partial charge < -0.3 is 15.8 Å². The maximum absolute atomic E-state index is 11.7. The van der Waals surface area contributed by atoms with Gasteiger partial charge >= 0.3 is 6.03 Å². The van der Waals surface area contributed by atoms with Crippen molar-refractivity contribution in [1.29, 1.82) is 0 Å². The molecule has 7 nitrogen and oxygen atoms in total. The molecule has 0 bridgehead atoms. The summed E-state index contributed by atoms with van der Waals surface area (Å²) < 4.78 is 5.55. The number of nitrogens with two attached hydrogens (primary N) is 1. The summed E-state index contributed by atoms with van der Waals surface area (Å²) in [6.45, 7) is 2.16. The van der Waals surface area contributed by atoms with Crippen molar-refractivity contribution in [2.45, 2.75) is 19.8 Å².